The Bertz CT molecular complexity index is 375. The van der Waals surface area contributed by atoms with Gasteiger partial charge in [0.2, 0.25) is 0 Å². The Kier molecular flexibility index (Phi) is 3.98. The Morgan fingerprint density at radius 1 is 1.38 bits per heavy atom. The number of nitrogens with one attached hydrogen (secondary N) is 1. The van der Waals surface area contributed by atoms with E-state index in [-0.39, 0.29) is 0 Å². The second kappa shape index (κ2) is 5.69. The minimum Gasteiger partial charge on any atom is -0.312 e. The summed E-state index contributed by atoms with van der Waals surface area (Å²) < 4.78 is 0. The zero-order valence-corrected chi connectivity index (χ0v) is 9.74. The number of nitrogens with zero attached hydrogens (tertiary/aromatic N) is 1. The number of rotatable bonds is 1. The molecule has 0 amide bonds. The van der Waals surface area contributed by atoms with E-state index in [4.69, 9.17) is 0 Å². The third-order valence-corrected chi connectivity index (χ3v) is 2.76. The largest absolute Gasteiger partial charge is 0.312 e. The van der Waals surface area contributed by atoms with Gasteiger partial charge in [-0.15, -0.1) is 0 Å². The summed E-state index contributed by atoms with van der Waals surface area (Å²) in [6, 6.07) is 10.8. The third kappa shape index (κ3) is 3.37. The van der Waals surface area contributed by atoms with Crippen LogP contribution in [-0.4, -0.2) is 37.1 Å². The lowest BCUT2D eigenvalue weighted by Gasteiger charge is -2.30. The highest BCUT2D eigenvalue weighted by Gasteiger charge is 2.13. The van der Waals surface area contributed by atoms with Crippen molar-refractivity contribution in [2.45, 2.75) is 13.0 Å². The molecular weight excluding hydrogens is 196 g/mol. The van der Waals surface area contributed by atoms with Crippen LogP contribution in [0, 0.1) is 11.8 Å². The zero-order chi connectivity index (χ0) is 11.2. The molecule has 0 aliphatic carbocycles. The predicted octanol–water partition coefficient (Wildman–Crippen LogP) is 1.33. The maximum Gasteiger partial charge on any atom is 0.0606 e. The Hall–Kier alpha value is -1.30. The van der Waals surface area contributed by atoms with E-state index in [0.29, 0.717) is 6.04 Å². The molecule has 2 rings (SSSR count). The van der Waals surface area contributed by atoms with Gasteiger partial charge in [-0.3, -0.25) is 4.90 Å². The Labute approximate surface area is 97.7 Å². The van der Waals surface area contributed by atoms with E-state index in [2.05, 4.69) is 29.0 Å². The summed E-state index contributed by atoms with van der Waals surface area (Å²) in [6.07, 6.45) is 0. The number of hydrogen-bond donors (Lipinski definition) is 1. The van der Waals surface area contributed by atoms with Crippen molar-refractivity contribution in [3.8, 4) is 11.8 Å². The van der Waals surface area contributed by atoms with Gasteiger partial charge in [-0.05, 0) is 19.1 Å². The van der Waals surface area contributed by atoms with Crippen LogP contribution in [0.25, 0.3) is 0 Å². The topological polar surface area (TPSA) is 15.3 Å². The van der Waals surface area contributed by atoms with Crippen molar-refractivity contribution in [3.05, 3.63) is 35.9 Å². The van der Waals surface area contributed by atoms with Gasteiger partial charge in [0.1, 0.15) is 0 Å². The van der Waals surface area contributed by atoms with Gasteiger partial charge in [-0.2, -0.15) is 0 Å². The average Bonchev–Trinajstić information content (AvgIpc) is 2.30. The number of piperazine rings is 1. The van der Waals surface area contributed by atoms with Crippen molar-refractivity contribution >= 4 is 0 Å². The van der Waals surface area contributed by atoms with E-state index < -0.39 is 0 Å². The molecule has 1 fully saturated rings. The first-order valence-electron chi connectivity index (χ1n) is 5.84. The molecule has 0 unspecified atom stereocenters. The maximum absolute atomic E-state index is 3.43. The summed E-state index contributed by atoms with van der Waals surface area (Å²) in [5.41, 5.74) is 1.10. The first-order valence-corrected chi connectivity index (χ1v) is 5.84. The van der Waals surface area contributed by atoms with Crippen LogP contribution < -0.4 is 5.32 Å². The van der Waals surface area contributed by atoms with Crippen molar-refractivity contribution in [2.24, 2.45) is 0 Å². The highest BCUT2D eigenvalue weighted by atomic mass is 15.2. The molecule has 1 aliphatic rings. The van der Waals surface area contributed by atoms with E-state index in [9.17, 15) is 0 Å². The molecule has 84 valence electrons. The van der Waals surface area contributed by atoms with Gasteiger partial charge in [0, 0.05) is 31.2 Å². The summed E-state index contributed by atoms with van der Waals surface area (Å²) in [6.45, 7) is 6.38. The van der Waals surface area contributed by atoms with Crippen molar-refractivity contribution < 1.29 is 0 Å². The molecule has 1 aromatic rings. The van der Waals surface area contributed by atoms with Crippen LogP contribution in [0.5, 0.6) is 0 Å². The van der Waals surface area contributed by atoms with Gasteiger partial charge in [-0.25, -0.2) is 0 Å². The fourth-order valence-electron chi connectivity index (χ4n) is 1.93. The minimum atomic E-state index is 0.590. The fourth-order valence-corrected chi connectivity index (χ4v) is 1.93. The molecule has 1 N–H and O–H groups in total. The lowest BCUT2D eigenvalue weighted by Crippen LogP contribution is -2.49. The van der Waals surface area contributed by atoms with E-state index >= 15 is 0 Å². The van der Waals surface area contributed by atoms with Crippen LogP contribution >= 0.6 is 0 Å². The zero-order valence-electron chi connectivity index (χ0n) is 9.74. The number of benzene rings is 1. The molecule has 0 bridgehead atoms. The summed E-state index contributed by atoms with van der Waals surface area (Å²) in [4.78, 5) is 2.40. The lowest BCUT2D eigenvalue weighted by molar-refractivity contribution is 0.229. The normalized spacial score (nSPS) is 21.2. The monoisotopic (exact) mass is 214 g/mol. The van der Waals surface area contributed by atoms with Crippen molar-refractivity contribution in [2.75, 3.05) is 26.2 Å². The molecule has 0 radical (unpaired) electrons. The van der Waals surface area contributed by atoms with Crippen LogP contribution in [0.2, 0.25) is 0 Å². The quantitative estimate of drug-likeness (QED) is 0.710. The highest BCUT2D eigenvalue weighted by Crippen LogP contribution is 1.98. The minimum absolute atomic E-state index is 0.590. The predicted molar refractivity (Wildman–Crippen MR) is 67.2 cm³/mol. The lowest BCUT2D eigenvalue weighted by atomic mass is 10.2. The Morgan fingerprint density at radius 2 is 2.19 bits per heavy atom. The van der Waals surface area contributed by atoms with E-state index in [1.807, 2.05) is 30.3 Å². The standard InChI is InChI=1S/C14H18N2/c1-13-12-16(11-9-15-13)10-5-8-14-6-3-2-4-7-14/h2-4,6-7,13,15H,9-12H2,1H3/t13-/m1/s1. The molecule has 0 spiro atoms. The molecule has 2 heteroatoms. The van der Waals surface area contributed by atoms with Crippen LogP contribution in [0.1, 0.15) is 12.5 Å². The van der Waals surface area contributed by atoms with Gasteiger partial charge < -0.3 is 5.32 Å². The SMILES string of the molecule is C[C@@H]1CN(CC#Cc2ccccc2)CCN1. The molecule has 1 aromatic carbocycles. The Balaban J connectivity index is 1.85. The summed E-state index contributed by atoms with van der Waals surface area (Å²) in [5.74, 6) is 6.43. The summed E-state index contributed by atoms with van der Waals surface area (Å²) in [5, 5.41) is 3.43. The van der Waals surface area contributed by atoms with Crippen molar-refractivity contribution in [1.29, 1.82) is 0 Å². The molecule has 2 nitrogen and oxygen atoms in total. The van der Waals surface area contributed by atoms with Crippen molar-refractivity contribution in [3.63, 3.8) is 0 Å². The maximum atomic E-state index is 3.43. The van der Waals surface area contributed by atoms with Gasteiger partial charge in [0.15, 0.2) is 0 Å². The third-order valence-electron chi connectivity index (χ3n) is 2.76. The first-order chi connectivity index (χ1) is 7.84. The van der Waals surface area contributed by atoms with Gasteiger partial charge in [0.05, 0.1) is 6.54 Å². The van der Waals surface area contributed by atoms with Gasteiger partial charge >= 0.3 is 0 Å². The van der Waals surface area contributed by atoms with Crippen LogP contribution in [0.3, 0.4) is 0 Å². The van der Waals surface area contributed by atoms with Crippen LogP contribution in [-0.2, 0) is 0 Å². The average molecular weight is 214 g/mol. The second-order valence-electron chi connectivity index (χ2n) is 4.26. The molecule has 1 aliphatic heterocycles. The molecule has 0 saturated carbocycles. The van der Waals surface area contributed by atoms with Crippen LogP contribution in [0.15, 0.2) is 30.3 Å². The van der Waals surface area contributed by atoms with E-state index in [0.717, 1.165) is 31.7 Å². The molecular formula is C14H18N2. The van der Waals surface area contributed by atoms with Crippen molar-refractivity contribution in [1.82, 2.24) is 10.2 Å². The first kappa shape index (κ1) is 11.2. The summed E-state index contributed by atoms with van der Waals surface area (Å²) >= 11 is 0. The molecule has 1 heterocycles. The smallest absolute Gasteiger partial charge is 0.0606 e. The van der Waals surface area contributed by atoms with Gasteiger partial charge in [-0.1, -0.05) is 30.0 Å². The second-order valence-corrected chi connectivity index (χ2v) is 4.26. The van der Waals surface area contributed by atoms with Gasteiger partial charge in [0.25, 0.3) is 0 Å². The van der Waals surface area contributed by atoms with E-state index in [1.54, 1.807) is 0 Å². The molecule has 1 saturated heterocycles. The molecule has 16 heavy (non-hydrogen) atoms. The molecule has 0 aromatic heterocycles. The Morgan fingerprint density at radius 3 is 2.94 bits per heavy atom. The molecule has 1 atom stereocenters. The van der Waals surface area contributed by atoms with Crippen LogP contribution in [0.4, 0.5) is 0 Å². The van der Waals surface area contributed by atoms with E-state index in [1.165, 1.54) is 0 Å². The fraction of sp³-hybridized carbons (Fsp3) is 0.429. The highest BCUT2D eigenvalue weighted by molar-refractivity contribution is 5.33. The summed E-state index contributed by atoms with van der Waals surface area (Å²) in [7, 11) is 0. The number of hydrogen-bond acceptors (Lipinski definition) is 2.